The molecule has 90 valence electrons. The average Bonchev–Trinajstić information content (AvgIpc) is 2.71. The van der Waals surface area contributed by atoms with Crippen molar-refractivity contribution in [3.8, 4) is 0 Å². The molecule has 0 radical (unpaired) electrons. The van der Waals surface area contributed by atoms with Gasteiger partial charge in [-0.1, -0.05) is 6.07 Å². The molecule has 0 aliphatic rings. The van der Waals surface area contributed by atoms with Gasteiger partial charge in [0.1, 0.15) is 11.6 Å². The summed E-state index contributed by atoms with van der Waals surface area (Å²) in [5.41, 5.74) is 1.28. The van der Waals surface area contributed by atoms with Crippen LogP contribution in [0.2, 0.25) is 0 Å². The molecule has 5 heteroatoms. The second-order valence-corrected chi connectivity index (χ2v) is 4.52. The molecule has 1 aromatic carbocycles. The lowest BCUT2D eigenvalue weighted by Gasteiger charge is -2.00. The van der Waals surface area contributed by atoms with Crippen molar-refractivity contribution in [3.63, 3.8) is 0 Å². The first kappa shape index (κ1) is 12.1. The van der Waals surface area contributed by atoms with Crippen LogP contribution in [0.15, 0.2) is 23.6 Å². The minimum atomic E-state index is -0.564. The zero-order valence-electron chi connectivity index (χ0n) is 9.24. The van der Waals surface area contributed by atoms with Crippen LogP contribution in [0.1, 0.15) is 16.3 Å². The summed E-state index contributed by atoms with van der Waals surface area (Å²) in [5, 5.41) is 2.67. The summed E-state index contributed by atoms with van der Waals surface area (Å²) in [6.45, 7) is 0.447. The highest BCUT2D eigenvalue weighted by molar-refractivity contribution is 7.09. The van der Waals surface area contributed by atoms with Crippen molar-refractivity contribution < 1.29 is 13.5 Å². The number of benzene rings is 1. The standard InChI is InChI=1S/C12H11F2NOS/c1-16-6-10-7-17-12(15-10)4-8-2-3-9(13)5-11(8)14/h2-3,5,7H,4,6H2,1H3. The van der Waals surface area contributed by atoms with Gasteiger partial charge in [-0.2, -0.15) is 0 Å². The third-order valence-corrected chi connectivity index (χ3v) is 3.15. The molecule has 0 aliphatic heterocycles. The molecule has 0 spiro atoms. The van der Waals surface area contributed by atoms with E-state index in [1.54, 1.807) is 7.11 Å². The SMILES string of the molecule is COCc1csc(Cc2ccc(F)cc2F)n1. The van der Waals surface area contributed by atoms with Crippen LogP contribution in [0.4, 0.5) is 8.78 Å². The van der Waals surface area contributed by atoms with Crippen LogP contribution in [0.5, 0.6) is 0 Å². The minimum Gasteiger partial charge on any atom is -0.378 e. The highest BCUT2D eigenvalue weighted by Gasteiger charge is 2.08. The molecule has 0 aliphatic carbocycles. The van der Waals surface area contributed by atoms with Crippen LogP contribution in [0, 0.1) is 11.6 Å². The van der Waals surface area contributed by atoms with Crippen molar-refractivity contribution in [2.75, 3.05) is 7.11 Å². The molecule has 0 fully saturated rings. The van der Waals surface area contributed by atoms with Gasteiger partial charge in [0.25, 0.3) is 0 Å². The first-order valence-electron chi connectivity index (χ1n) is 5.05. The Morgan fingerprint density at radius 1 is 1.35 bits per heavy atom. The van der Waals surface area contributed by atoms with Crippen LogP contribution in [-0.4, -0.2) is 12.1 Å². The number of hydrogen-bond donors (Lipinski definition) is 0. The number of aromatic nitrogens is 1. The molecule has 2 nitrogen and oxygen atoms in total. The van der Waals surface area contributed by atoms with E-state index in [9.17, 15) is 8.78 Å². The van der Waals surface area contributed by atoms with Gasteiger partial charge in [0.15, 0.2) is 0 Å². The fraction of sp³-hybridized carbons (Fsp3) is 0.250. The van der Waals surface area contributed by atoms with Crippen LogP contribution >= 0.6 is 11.3 Å². The van der Waals surface area contributed by atoms with E-state index in [1.807, 2.05) is 5.38 Å². The summed E-state index contributed by atoms with van der Waals surface area (Å²) in [6.07, 6.45) is 0.375. The normalized spacial score (nSPS) is 10.8. The van der Waals surface area contributed by atoms with E-state index in [0.29, 0.717) is 18.6 Å². The lowest BCUT2D eigenvalue weighted by atomic mass is 10.1. The number of halogens is 2. The highest BCUT2D eigenvalue weighted by atomic mass is 32.1. The lowest BCUT2D eigenvalue weighted by Crippen LogP contribution is -1.94. The van der Waals surface area contributed by atoms with Crippen LogP contribution in [0.25, 0.3) is 0 Å². The molecule has 0 saturated carbocycles. The van der Waals surface area contributed by atoms with Gasteiger partial charge in [-0.05, 0) is 11.6 Å². The maximum Gasteiger partial charge on any atom is 0.129 e. The fourth-order valence-electron chi connectivity index (χ4n) is 1.47. The van der Waals surface area contributed by atoms with Crippen molar-refractivity contribution in [1.82, 2.24) is 4.98 Å². The van der Waals surface area contributed by atoms with E-state index in [-0.39, 0.29) is 0 Å². The largest absolute Gasteiger partial charge is 0.378 e. The summed E-state index contributed by atoms with van der Waals surface area (Å²) >= 11 is 1.45. The topological polar surface area (TPSA) is 22.1 Å². The molecule has 0 amide bonds. The molecule has 0 N–H and O–H groups in total. The van der Waals surface area contributed by atoms with Crippen molar-refractivity contribution in [1.29, 1.82) is 0 Å². The van der Waals surface area contributed by atoms with Crippen molar-refractivity contribution in [2.24, 2.45) is 0 Å². The second kappa shape index (κ2) is 5.33. The molecule has 2 rings (SSSR count). The molecule has 1 aromatic heterocycles. The Hall–Kier alpha value is -1.33. The summed E-state index contributed by atoms with van der Waals surface area (Å²) in [5.74, 6) is -1.10. The third kappa shape index (κ3) is 3.08. The Morgan fingerprint density at radius 3 is 2.88 bits per heavy atom. The smallest absolute Gasteiger partial charge is 0.129 e. The summed E-state index contributed by atoms with van der Waals surface area (Å²) in [4.78, 5) is 4.29. The van der Waals surface area contributed by atoms with Crippen molar-refractivity contribution in [3.05, 3.63) is 51.5 Å². The summed E-state index contributed by atoms with van der Waals surface area (Å²) < 4.78 is 31.1. The predicted octanol–water partition coefficient (Wildman–Crippen LogP) is 3.16. The van der Waals surface area contributed by atoms with Gasteiger partial charge >= 0.3 is 0 Å². The Balaban J connectivity index is 2.13. The molecule has 1 heterocycles. The maximum absolute atomic E-state index is 13.4. The molecule has 0 saturated heterocycles. The number of hydrogen-bond acceptors (Lipinski definition) is 3. The third-order valence-electron chi connectivity index (χ3n) is 2.25. The molecule has 17 heavy (non-hydrogen) atoms. The molecule has 0 bridgehead atoms. The van der Waals surface area contributed by atoms with Gasteiger partial charge in [-0.25, -0.2) is 13.8 Å². The first-order valence-corrected chi connectivity index (χ1v) is 5.93. The summed E-state index contributed by atoms with van der Waals surface area (Å²) in [7, 11) is 1.60. The quantitative estimate of drug-likeness (QED) is 0.837. The number of ether oxygens (including phenoxy) is 1. The molecule has 0 atom stereocenters. The van der Waals surface area contributed by atoms with Gasteiger partial charge in [-0.3, -0.25) is 0 Å². The van der Waals surface area contributed by atoms with Crippen molar-refractivity contribution in [2.45, 2.75) is 13.0 Å². The molecule has 2 aromatic rings. The first-order chi connectivity index (χ1) is 8.19. The van der Waals surface area contributed by atoms with Gasteiger partial charge < -0.3 is 4.74 Å². The summed E-state index contributed by atoms with van der Waals surface area (Å²) in [6, 6.07) is 3.59. The monoisotopic (exact) mass is 255 g/mol. The second-order valence-electron chi connectivity index (χ2n) is 3.58. The van der Waals surface area contributed by atoms with E-state index < -0.39 is 11.6 Å². The Morgan fingerprint density at radius 2 is 2.18 bits per heavy atom. The highest BCUT2D eigenvalue weighted by Crippen LogP contribution is 2.18. The zero-order valence-corrected chi connectivity index (χ0v) is 10.1. The Bertz CT molecular complexity index is 513. The van der Waals surface area contributed by atoms with Crippen LogP contribution in [0.3, 0.4) is 0 Å². The van der Waals surface area contributed by atoms with Gasteiger partial charge in [-0.15, -0.1) is 11.3 Å². The number of rotatable bonds is 4. The van der Waals surface area contributed by atoms with Crippen molar-refractivity contribution >= 4 is 11.3 Å². The number of thiazole rings is 1. The molecular weight excluding hydrogens is 244 g/mol. The van der Waals surface area contributed by atoms with Crippen LogP contribution < -0.4 is 0 Å². The molecule has 0 unspecified atom stereocenters. The van der Waals surface area contributed by atoms with Gasteiger partial charge in [0.05, 0.1) is 17.3 Å². The van der Waals surface area contributed by atoms with E-state index >= 15 is 0 Å². The minimum absolute atomic E-state index is 0.375. The Labute approximate surface area is 102 Å². The lowest BCUT2D eigenvalue weighted by molar-refractivity contribution is 0.182. The van der Waals surface area contributed by atoms with Crippen LogP contribution in [-0.2, 0) is 17.8 Å². The maximum atomic E-state index is 13.4. The van der Waals surface area contributed by atoms with E-state index in [2.05, 4.69) is 4.98 Å². The van der Waals surface area contributed by atoms with E-state index in [1.165, 1.54) is 23.5 Å². The average molecular weight is 255 g/mol. The number of methoxy groups -OCH3 is 1. The van der Waals surface area contributed by atoms with E-state index in [0.717, 1.165) is 16.8 Å². The Kier molecular flexibility index (Phi) is 3.81. The van der Waals surface area contributed by atoms with E-state index in [4.69, 9.17) is 4.74 Å². The molecular formula is C12H11F2NOS. The number of nitrogens with zero attached hydrogens (tertiary/aromatic N) is 1. The zero-order chi connectivity index (χ0) is 12.3. The fourth-order valence-corrected chi connectivity index (χ4v) is 2.27. The predicted molar refractivity (Wildman–Crippen MR) is 62.0 cm³/mol. The van der Waals surface area contributed by atoms with Gasteiger partial charge in [0.2, 0.25) is 0 Å². The van der Waals surface area contributed by atoms with Gasteiger partial charge in [0, 0.05) is 25.0 Å².